The molecule has 0 bridgehead atoms. The maximum atomic E-state index is 12.1. The lowest BCUT2D eigenvalue weighted by Gasteiger charge is -2.32. The molecule has 1 saturated heterocycles. The van der Waals surface area contributed by atoms with E-state index in [9.17, 15) is 14.9 Å². The minimum Gasteiger partial charge on any atom is -0.490 e. The van der Waals surface area contributed by atoms with Gasteiger partial charge >= 0.3 is 5.69 Å². The Hall–Kier alpha value is -2.19. The molecule has 0 aromatic heterocycles. The standard InChI is InChI=1S/C16H24N4O4/c1-18-8-10-19(11-9-18)7-3-6-17-16(21)13-4-5-14(20(22)23)15(12-13)24-2/h4-5,12H,3,6-11H2,1-2H3,(H,17,21). The van der Waals surface area contributed by atoms with Crippen LogP contribution in [0.3, 0.4) is 0 Å². The second-order valence-corrected chi connectivity index (χ2v) is 5.90. The van der Waals surface area contributed by atoms with Crippen LogP contribution in [-0.2, 0) is 0 Å². The van der Waals surface area contributed by atoms with Crippen LogP contribution in [0, 0.1) is 10.1 Å². The molecule has 0 radical (unpaired) electrons. The number of methoxy groups -OCH3 is 1. The summed E-state index contributed by atoms with van der Waals surface area (Å²) in [6.45, 7) is 5.81. The number of nitro groups is 1. The van der Waals surface area contributed by atoms with Gasteiger partial charge in [0.2, 0.25) is 0 Å². The van der Waals surface area contributed by atoms with Crippen molar-refractivity contribution in [3.63, 3.8) is 0 Å². The Morgan fingerprint density at radius 2 is 2.04 bits per heavy atom. The van der Waals surface area contributed by atoms with E-state index in [4.69, 9.17) is 4.74 Å². The molecule has 1 fully saturated rings. The molecule has 1 aromatic carbocycles. The molecule has 1 heterocycles. The Labute approximate surface area is 141 Å². The summed E-state index contributed by atoms with van der Waals surface area (Å²) in [4.78, 5) is 27.2. The molecule has 2 rings (SSSR count). The number of benzene rings is 1. The van der Waals surface area contributed by atoms with Gasteiger partial charge in [0, 0.05) is 50.4 Å². The van der Waals surface area contributed by atoms with Crippen LogP contribution >= 0.6 is 0 Å². The zero-order chi connectivity index (χ0) is 17.5. The lowest BCUT2D eigenvalue weighted by molar-refractivity contribution is -0.385. The van der Waals surface area contributed by atoms with E-state index in [1.807, 2.05) is 0 Å². The minimum absolute atomic E-state index is 0.0880. The average molecular weight is 336 g/mol. The molecular weight excluding hydrogens is 312 g/mol. The predicted octanol–water partition coefficient (Wildman–Crippen LogP) is 0.971. The summed E-state index contributed by atoms with van der Waals surface area (Å²) in [7, 11) is 3.47. The third-order valence-corrected chi connectivity index (χ3v) is 4.17. The van der Waals surface area contributed by atoms with E-state index in [1.165, 1.54) is 25.3 Å². The summed E-state index contributed by atoms with van der Waals surface area (Å²) >= 11 is 0. The lowest BCUT2D eigenvalue weighted by Crippen LogP contribution is -2.45. The van der Waals surface area contributed by atoms with Gasteiger partial charge in [0.1, 0.15) is 0 Å². The Morgan fingerprint density at radius 1 is 1.33 bits per heavy atom. The second kappa shape index (κ2) is 8.60. The topological polar surface area (TPSA) is 88.0 Å². The van der Waals surface area contributed by atoms with Gasteiger partial charge in [0.25, 0.3) is 5.91 Å². The Bertz CT molecular complexity index is 585. The second-order valence-electron chi connectivity index (χ2n) is 5.90. The van der Waals surface area contributed by atoms with Crippen molar-refractivity contribution in [3.8, 4) is 5.75 Å². The van der Waals surface area contributed by atoms with Crippen LogP contribution in [0.4, 0.5) is 5.69 Å². The Balaban J connectivity index is 1.79. The fourth-order valence-corrected chi connectivity index (χ4v) is 2.65. The highest BCUT2D eigenvalue weighted by molar-refractivity contribution is 5.95. The smallest absolute Gasteiger partial charge is 0.310 e. The highest BCUT2D eigenvalue weighted by Crippen LogP contribution is 2.27. The number of hydrogen-bond donors (Lipinski definition) is 1. The number of carbonyl (C=O) groups excluding carboxylic acids is 1. The molecule has 8 nitrogen and oxygen atoms in total. The van der Waals surface area contributed by atoms with Crippen molar-refractivity contribution in [3.05, 3.63) is 33.9 Å². The summed E-state index contributed by atoms with van der Waals surface area (Å²) in [6.07, 6.45) is 0.875. The van der Waals surface area contributed by atoms with Gasteiger partial charge in [-0.15, -0.1) is 0 Å². The van der Waals surface area contributed by atoms with Gasteiger partial charge in [-0.3, -0.25) is 14.9 Å². The molecule has 8 heteroatoms. The molecule has 132 valence electrons. The molecule has 1 aliphatic heterocycles. The van der Waals surface area contributed by atoms with Crippen LogP contribution in [0.25, 0.3) is 0 Å². The maximum Gasteiger partial charge on any atom is 0.310 e. The molecule has 24 heavy (non-hydrogen) atoms. The van der Waals surface area contributed by atoms with Crippen LogP contribution < -0.4 is 10.1 Å². The molecule has 0 spiro atoms. The average Bonchev–Trinajstić information content (AvgIpc) is 2.59. The van der Waals surface area contributed by atoms with Crippen LogP contribution in [-0.4, -0.2) is 74.1 Å². The SMILES string of the molecule is COc1cc(C(=O)NCCCN2CCN(C)CC2)ccc1[N+](=O)[O-]. The van der Waals surface area contributed by atoms with E-state index in [2.05, 4.69) is 22.2 Å². The number of amides is 1. The molecule has 0 unspecified atom stereocenters. The maximum absolute atomic E-state index is 12.1. The van der Waals surface area contributed by atoms with Gasteiger partial charge in [-0.2, -0.15) is 0 Å². The first-order chi connectivity index (χ1) is 11.5. The third kappa shape index (κ3) is 4.90. The quantitative estimate of drug-likeness (QED) is 0.453. The summed E-state index contributed by atoms with van der Waals surface area (Å²) in [5.41, 5.74) is 0.209. The van der Waals surface area contributed by atoms with Crippen molar-refractivity contribution in [2.24, 2.45) is 0 Å². The molecule has 0 atom stereocenters. The van der Waals surface area contributed by atoms with Crippen molar-refractivity contribution in [1.29, 1.82) is 0 Å². The summed E-state index contributed by atoms with van der Waals surface area (Å²) in [6, 6.07) is 4.13. The zero-order valence-corrected chi connectivity index (χ0v) is 14.2. The molecule has 0 aliphatic carbocycles. The normalized spacial score (nSPS) is 15.9. The number of piperazine rings is 1. The Kier molecular flexibility index (Phi) is 6.51. The number of nitrogens with one attached hydrogen (secondary N) is 1. The summed E-state index contributed by atoms with van der Waals surface area (Å²) in [5, 5.41) is 13.7. The number of nitro benzene ring substituents is 1. The molecule has 1 aliphatic rings. The number of rotatable bonds is 7. The number of nitrogens with zero attached hydrogens (tertiary/aromatic N) is 3. The first kappa shape index (κ1) is 18.2. The number of carbonyl (C=O) groups is 1. The van der Waals surface area contributed by atoms with E-state index in [-0.39, 0.29) is 17.3 Å². The number of likely N-dealkylation sites (N-methyl/N-ethyl adjacent to an activating group) is 1. The van der Waals surface area contributed by atoms with Crippen LogP contribution in [0.15, 0.2) is 18.2 Å². The van der Waals surface area contributed by atoms with E-state index in [1.54, 1.807) is 0 Å². The van der Waals surface area contributed by atoms with Gasteiger partial charge in [-0.05, 0) is 26.1 Å². The third-order valence-electron chi connectivity index (χ3n) is 4.17. The number of ether oxygens (including phenoxy) is 1. The molecule has 1 N–H and O–H groups in total. The van der Waals surface area contributed by atoms with Gasteiger partial charge in [-0.25, -0.2) is 0 Å². The highest BCUT2D eigenvalue weighted by atomic mass is 16.6. The fraction of sp³-hybridized carbons (Fsp3) is 0.562. The van der Waals surface area contributed by atoms with E-state index < -0.39 is 4.92 Å². The largest absolute Gasteiger partial charge is 0.490 e. The van der Waals surface area contributed by atoms with E-state index in [0.29, 0.717) is 12.1 Å². The molecule has 1 amide bonds. The monoisotopic (exact) mass is 336 g/mol. The highest BCUT2D eigenvalue weighted by Gasteiger charge is 2.17. The predicted molar refractivity (Wildman–Crippen MR) is 90.5 cm³/mol. The van der Waals surface area contributed by atoms with Gasteiger partial charge in [0.05, 0.1) is 12.0 Å². The van der Waals surface area contributed by atoms with Crippen LogP contribution in [0.5, 0.6) is 5.75 Å². The first-order valence-corrected chi connectivity index (χ1v) is 8.03. The Morgan fingerprint density at radius 3 is 2.67 bits per heavy atom. The van der Waals surface area contributed by atoms with Crippen molar-refractivity contribution in [2.75, 3.05) is 53.4 Å². The van der Waals surface area contributed by atoms with Crippen molar-refractivity contribution < 1.29 is 14.5 Å². The zero-order valence-electron chi connectivity index (χ0n) is 14.2. The fourth-order valence-electron chi connectivity index (χ4n) is 2.65. The van der Waals surface area contributed by atoms with Crippen LogP contribution in [0.2, 0.25) is 0 Å². The van der Waals surface area contributed by atoms with Gasteiger partial charge in [-0.1, -0.05) is 0 Å². The summed E-state index contributed by atoms with van der Waals surface area (Å²) in [5.74, 6) is -0.160. The van der Waals surface area contributed by atoms with Crippen molar-refractivity contribution in [1.82, 2.24) is 15.1 Å². The molecule has 0 saturated carbocycles. The lowest BCUT2D eigenvalue weighted by atomic mass is 10.1. The minimum atomic E-state index is -0.531. The van der Waals surface area contributed by atoms with Gasteiger partial charge in [0.15, 0.2) is 5.75 Å². The van der Waals surface area contributed by atoms with Crippen molar-refractivity contribution in [2.45, 2.75) is 6.42 Å². The van der Waals surface area contributed by atoms with Gasteiger partial charge < -0.3 is 19.9 Å². The molecular formula is C16H24N4O4. The first-order valence-electron chi connectivity index (χ1n) is 8.03. The number of hydrogen-bond acceptors (Lipinski definition) is 6. The van der Waals surface area contributed by atoms with E-state index >= 15 is 0 Å². The molecule has 1 aromatic rings. The van der Waals surface area contributed by atoms with Crippen LogP contribution in [0.1, 0.15) is 16.8 Å². The van der Waals surface area contributed by atoms with Crippen molar-refractivity contribution >= 4 is 11.6 Å². The summed E-state index contributed by atoms with van der Waals surface area (Å²) < 4.78 is 4.98. The van der Waals surface area contributed by atoms with E-state index in [0.717, 1.165) is 39.1 Å².